The van der Waals surface area contributed by atoms with Crippen LogP contribution < -0.4 is 20.1 Å². The van der Waals surface area contributed by atoms with Crippen LogP contribution in [-0.4, -0.2) is 32.3 Å². The summed E-state index contributed by atoms with van der Waals surface area (Å²) in [6.07, 6.45) is 0. The topological polar surface area (TPSA) is 75.1 Å². The molecule has 1 fully saturated rings. The van der Waals surface area contributed by atoms with E-state index in [0.717, 1.165) is 46.2 Å². The number of quaternary nitrogens is 1. The Bertz CT molecular complexity index is 1020. The van der Waals surface area contributed by atoms with E-state index in [0.29, 0.717) is 26.4 Å². The Hall–Kier alpha value is -3.35. The first kappa shape index (κ1) is 20.9. The Labute approximate surface area is 182 Å². The highest BCUT2D eigenvalue weighted by Gasteiger charge is 2.20. The van der Waals surface area contributed by atoms with Gasteiger partial charge in [-0.25, -0.2) is 0 Å². The lowest BCUT2D eigenvalue weighted by atomic mass is 10.1. The summed E-state index contributed by atoms with van der Waals surface area (Å²) >= 11 is 0. The second-order valence-electron chi connectivity index (χ2n) is 7.54. The van der Waals surface area contributed by atoms with E-state index < -0.39 is 5.97 Å². The maximum atomic E-state index is 11.7. The summed E-state index contributed by atoms with van der Waals surface area (Å²) in [5, 5.41) is 15.0. The normalized spacial score (nSPS) is 14.2. The smallest absolute Gasteiger partial charge is 0.140 e. The maximum absolute atomic E-state index is 11.7. The van der Waals surface area contributed by atoms with Crippen molar-refractivity contribution >= 4 is 17.3 Å². The van der Waals surface area contributed by atoms with Crippen LogP contribution in [0.4, 0.5) is 11.4 Å². The lowest BCUT2D eigenvalue weighted by molar-refractivity contribution is -0.842. The average Bonchev–Trinajstić information content (AvgIpc) is 2.83. The number of hydrogen-bond acceptors (Lipinski definition) is 5. The quantitative estimate of drug-likeness (QED) is 0.583. The molecule has 31 heavy (non-hydrogen) atoms. The van der Waals surface area contributed by atoms with Crippen LogP contribution in [0.25, 0.3) is 0 Å². The van der Waals surface area contributed by atoms with Crippen LogP contribution in [0.5, 0.6) is 5.75 Å². The van der Waals surface area contributed by atoms with Gasteiger partial charge in [0.2, 0.25) is 0 Å². The fourth-order valence-electron chi connectivity index (χ4n) is 3.71. The van der Waals surface area contributed by atoms with Gasteiger partial charge in [-0.2, -0.15) is 0 Å². The highest BCUT2D eigenvalue weighted by atomic mass is 16.5. The summed E-state index contributed by atoms with van der Waals surface area (Å²) in [5.41, 5.74) is 3.88. The third kappa shape index (κ3) is 5.63. The molecule has 3 aromatic rings. The second kappa shape index (κ2) is 10.1. The predicted molar refractivity (Wildman–Crippen MR) is 116 cm³/mol. The monoisotopic (exact) mass is 418 g/mol. The fraction of sp³-hybridized carbons (Fsp3) is 0.240. The molecule has 0 aromatic heterocycles. The number of benzene rings is 3. The minimum Gasteiger partial charge on any atom is -0.545 e. The first-order valence-corrected chi connectivity index (χ1v) is 10.5. The van der Waals surface area contributed by atoms with E-state index in [9.17, 15) is 9.90 Å². The van der Waals surface area contributed by atoms with Crippen LogP contribution in [-0.2, 0) is 17.9 Å². The third-order valence-corrected chi connectivity index (χ3v) is 5.36. The van der Waals surface area contributed by atoms with Crippen molar-refractivity contribution in [2.75, 3.05) is 31.6 Å². The van der Waals surface area contributed by atoms with E-state index in [4.69, 9.17) is 9.47 Å². The molecule has 0 atom stereocenters. The molecule has 0 radical (unpaired) electrons. The number of carboxylic acid groups (broad SMARTS) is 1. The molecule has 6 heteroatoms. The minimum atomic E-state index is -1.16. The molecule has 0 unspecified atom stereocenters. The molecule has 0 bridgehead atoms. The van der Waals surface area contributed by atoms with Crippen molar-refractivity contribution in [3.8, 4) is 5.75 Å². The van der Waals surface area contributed by atoms with Gasteiger partial charge in [-0.3, -0.25) is 4.90 Å². The van der Waals surface area contributed by atoms with Gasteiger partial charge in [-0.1, -0.05) is 42.5 Å². The van der Waals surface area contributed by atoms with E-state index in [1.165, 1.54) is 0 Å². The predicted octanol–water partition coefficient (Wildman–Crippen LogP) is 1.79. The number of carbonyl (C=O) groups is 1. The zero-order valence-electron chi connectivity index (χ0n) is 17.3. The molecule has 6 nitrogen and oxygen atoms in total. The number of morpholine rings is 1. The number of hydrogen-bond donors (Lipinski definition) is 2. The highest BCUT2D eigenvalue weighted by Crippen LogP contribution is 2.20. The SMILES string of the molecule is O=C([O-])c1cc(NCc2cccc(OCc3ccccc3)c2)ccc1[NH+]1CCOCC1. The number of nitrogens with one attached hydrogen (secondary N) is 2. The molecule has 1 heterocycles. The summed E-state index contributed by atoms with van der Waals surface area (Å²) in [7, 11) is 0. The molecular weight excluding hydrogens is 392 g/mol. The Morgan fingerprint density at radius 3 is 2.52 bits per heavy atom. The first-order chi connectivity index (χ1) is 15.2. The molecule has 160 valence electrons. The van der Waals surface area contributed by atoms with Gasteiger partial charge in [0.25, 0.3) is 0 Å². The van der Waals surface area contributed by atoms with E-state index in [1.54, 1.807) is 6.07 Å². The maximum Gasteiger partial charge on any atom is 0.140 e. The molecule has 0 aliphatic carbocycles. The summed E-state index contributed by atoms with van der Waals surface area (Å²) in [6, 6.07) is 23.3. The molecule has 0 amide bonds. The van der Waals surface area contributed by atoms with Crippen molar-refractivity contribution in [2.45, 2.75) is 13.2 Å². The summed E-state index contributed by atoms with van der Waals surface area (Å²) in [6.45, 7) is 3.83. The summed E-state index contributed by atoms with van der Waals surface area (Å²) in [4.78, 5) is 12.8. The van der Waals surface area contributed by atoms with Gasteiger partial charge in [0, 0.05) is 18.3 Å². The van der Waals surface area contributed by atoms with Crippen molar-refractivity contribution < 1.29 is 24.3 Å². The molecular formula is C25H26N2O4. The van der Waals surface area contributed by atoms with Gasteiger partial charge < -0.3 is 24.7 Å². The minimum absolute atomic E-state index is 0.224. The number of rotatable bonds is 8. The number of carboxylic acids is 1. The Morgan fingerprint density at radius 1 is 0.968 bits per heavy atom. The van der Waals surface area contributed by atoms with Crippen molar-refractivity contribution in [1.82, 2.24) is 0 Å². The highest BCUT2D eigenvalue weighted by molar-refractivity contribution is 5.92. The van der Waals surface area contributed by atoms with Crippen LogP contribution >= 0.6 is 0 Å². The van der Waals surface area contributed by atoms with Crippen LogP contribution in [0, 0.1) is 0 Å². The Balaban J connectivity index is 1.40. The zero-order chi connectivity index (χ0) is 21.5. The van der Waals surface area contributed by atoms with Gasteiger partial charge in [-0.05, 0) is 35.4 Å². The van der Waals surface area contributed by atoms with Crippen LogP contribution in [0.2, 0.25) is 0 Å². The number of aromatic carboxylic acids is 1. The number of anilines is 1. The van der Waals surface area contributed by atoms with Gasteiger partial charge in [-0.15, -0.1) is 0 Å². The van der Waals surface area contributed by atoms with Gasteiger partial charge >= 0.3 is 0 Å². The number of ether oxygens (including phenoxy) is 2. The standard InChI is InChI=1S/C25H26N2O4/c28-25(29)23-16-21(9-10-24(23)27-11-13-30-14-12-27)26-17-20-7-4-8-22(15-20)31-18-19-5-2-1-3-6-19/h1-10,15-16,26H,11-14,17-18H2,(H,28,29). The van der Waals surface area contributed by atoms with Gasteiger partial charge in [0.1, 0.15) is 31.1 Å². The van der Waals surface area contributed by atoms with E-state index >= 15 is 0 Å². The summed E-state index contributed by atoms with van der Waals surface area (Å²) in [5.74, 6) is -0.362. The van der Waals surface area contributed by atoms with Gasteiger partial charge in [0.05, 0.1) is 24.7 Å². The van der Waals surface area contributed by atoms with E-state index in [2.05, 4.69) is 5.32 Å². The van der Waals surface area contributed by atoms with Gasteiger partial charge in [0.15, 0.2) is 0 Å². The van der Waals surface area contributed by atoms with Crippen molar-refractivity contribution in [3.05, 3.63) is 89.5 Å². The molecule has 1 saturated heterocycles. The fourth-order valence-corrected chi connectivity index (χ4v) is 3.71. The van der Waals surface area contributed by atoms with Crippen molar-refractivity contribution in [2.24, 2.45) is 0 Å². The molecule has 3 aromatic carbocycles. The lowest BCUT2D eigenvalue weighted by Crippen LogP contribution is -3.09. The van der Waals surface area contributed by atoms with Crippen molar-refractivity contribution in [1.29, 1.82) is 0 Å². The number of carbonyl (C=O) groups excluding carboxylic acids is 1. The van der Waals surface area contributed by atoms with E-state index in [-0.39, 0.29) is 5.56 Å². The third-order valence-electron chi connectivity index (χ3n) is 5.36. The molecule has 2 N–H and O–H groups in total. The van der Waals surface area contributed by atoms with Crippen LogP contribution in [0.3, 0.4) is 0 Å². The molecule has 4 rings (SSSR count). The van der Waals surface area contributed by atoms with E-state index in [1.807, 2.05) is 66.7 Å². The molecule has 1 aliphatic heterocycles. The molecule has 0 saturated carbocycles. The zero-order valence-corrected chi connectivity index (χ0v) is 17.3. The molecule has 1 aliphatic rings. The summed E-state index contributed by atoms with van der Waals surface area (Å²) < 4.78 is 11.3. The largest absolute Gasteiger partial charge is 0.545 e. The second-order valence-corrected chi connectivity index (χ2v) is 7.54. The van der Waals surface area contributed by atoms with Crippen LogP contribution in [0.15, 0.2) is 72.8 Å². The lowest BCUT2D eigenvalue weighted by Gasteiger charge is -2.25. The first-order valence-electron chi connectivity index (χ1n) is 10.5. The Kier molecular flexibility index (Phi) is 6.82. The average molecular weight is 418 g/mol. The molecule has 0 spiro atoms. The Morgan fingerprint density at radius 2 is 1.74 bits per heavy atom. The van der Waals surface area contributed by atoms with Crippen molar-refractivity contribution in [3.63, 3.8) is 0 Å². The van der Waals surface area contributed by atoms with Crippen LogP contribution in [0.1, 0.15) is 21.5 Å².